The van der Waals surface area contributed by atoms with Crippen molar-refractivity contribution in [3.63, 3.8) is 0 Å². The van der Waals surface area contributed by atoms with Crippen molar-refractivity contribution in [3.05, 3.63) is 30.1 Å². The summed E-state index contributed by atoms with van der Waals surface area (Å²) in [6.07, 6.45) is 4.28. The summed E-state index contributed by atoms with van der Waals surface area (Å²) in [6.45, 7) is 4.02. The Morgan fingerprint density at radius 2 is 2.17 bits per heavy atom. The first-order valence-corrected chi connectivity index (χ1v) is 8.25. The molecule has 1 unspecified atom stereocenters. The minimum Gasteiger partial charge on any atom is -0.466 e. The lowest BCUT2D eigenvalue weighted by Crippen LogP contribution is -2.35. The maximum atomic E-state index is 12.3. The molecule has 2 heterocycles. The third kappa shape index (κ3) is 5.98. The second-order valence-electron chi connectivity index (χ2n) is 5.78. The zero-order valence-electron chi connectivity index (χ0n) is 13.6. The van der Waals surface area contributed by atoms with Crippen LogP contribution < -0.4 is 10.6 Å². The molecule has 1 aromatic heterocycles. The summed E-state index contributed by atoms with van der Waals surface area (Å²) in [5, 5.41) is 6.24. The van der Waals surface area contributed by atoms with Gasteiger partial charge in [-0.2, -0.15) is 0 Å². The van der Waals surface area contributed by atoms with E-state index in [0.717, 1.165) is 25.9 Å². The molecule has 23 heavy (non-hydrogen) atoms. The molecular weight excluding hydrogens is 294 g/mol. The van der Waals surface area contributed by atoms with Crippen LogP contribution in [0.1, 0.15) is 44.3 Å². The molecule has 0 spiro atoms. The number of aromatic nitrogens is 1. The molecule has 1 saturated heterocycles. The molecule has 126 valence electrons. The van der Waals surface area contributed by atoms with Gasteiger partial charge in [-0.25, -0.2) is 0 Å². The zero-order chi connectivity index (χ0) is 16.5. The fourth-order valence-corrected chi connectivity index (χ4v) is 2.80. The number of nitrogens with one attached hydrogen (secondary N) is 2. The van der Waals surface area contributed by atoms with Crippen molar-refractivity contribution in [2.45, 2.75) is 38.6 Å². The van der Waals surface area contributed by atoms with Crippen LogP contribution in [-0.2, 0) is 14.3 Å². The third-order valence-corrected chi connectivity index (χ3v) is 3.99. The summed E-state index contributed by atoms with van der Waals surface area (Å²) in [6, 6.07) is 5.03. The lowest BCUT2D eigenvalue weighted by atomic mass is 9.94. The SMILES string of the molecule is CCOC(=O)CC(NC(=O)CC1CCNCC1)c1ccccn1. The van der Waals surface area contributed by atoms with Crippen LogP contribution in [0.5, 0.6) is 0 Å². The van der Waals surface area contributed by atoms with Crippen LogP contribution >= 0.6 is 0 Å². The summed E-state index contributed by atoms with van der Waals surface area (Å²) in [5.41, 5.74) is 0.680. The Balaban J connectivity index is 1.95. The van der Waals surface area contributed by atoms with E-state index in [9.17, 15) is 9.59 Å². The minimum absolute atomic E-state index is 0.0307. The molecule has 1 amide bonds. The highest BCUT2D eigenvalue weighted by Gasteiger charge is 2.22. The van der Waals surface area contributed by atoms with Crippen LogP contribution in [0.2, 0.25) is 0 Å². The van der Waals surface area contributed by atoms with Crippen molar-refractivity contribution in [1.82, 2.24) is 15.6 Å². The molecule has 6 nitrogen and oxygen atoms in total. The molecule has 0 bridgehead atoms. The molecular formula is C17H25N3O3. The fraction of sp³-hybridized carbons (Fsp3) is 0.588. The largest absolute Gasteiger partial charge is 0.466 e. The van der Waals surface area contributed by atoms with E-state index >= 15 is 0 Å². The van der Waals surface area contributed by atoms with Gasteiger partial charge in [0.05, 0.1) is 24.8 Å². The van der Waals surface area contributed by atoms with Crippen molar-refractivity contribution in [1.29, 1.82) is 0 Å². The lowest BCUT2D eigenvalue weighted by molar-refractivity contribution is -0.143. The smallest absolute Gasteiger partial charge is 0.308 e. The van der Waals surface area contributed by atoms with Gasteiger partial charge in [0, 0.05) is 12.6 Å². The van der Waals surface area contributed by atoms with Gasteiger partial charge in [0.1, 0.15) is 0 Å². The average Bonchev–Trinajstić information content (AvgIpc) is 2.56. The molecule has 0 saturated carbocycles. The molecule has 2 rings (SSSR count). The number of amides is 1. The number of pyridine rings is 1. The van der Waals surface area contributed by atoms with E-state index < -0.39 is 6.04 Å². The van der Waals surface area contributed by atoms with Crippen molar-refractivity contribution >= 4 is 11.9 Å². The topological polar surface area (TPSA) is 80.3 Å². The van der Waals surface area contributed by atoms with Crippen LogP contribution in [0.25, 0.3) is 0 Å². The Bertz CT molecular complexity index is 501. The molecule has 0 aliphatic carbocycles. The summed E-state index contributed by atoms with van der Waals surface area (Å²) in [5.74, 6) is 0.0467. The minimum atomic E-state index is -0.440. The fourth-order valence-electron chi connectivity index (χ4n) is 2.80. The van der Waals surface area contributed by atoms with Gasteiger partial charge in [-0.1, -0.05) is 6.07 Å². The summed E-state index contributed by atoms with van der Waals surface area (Å²) in [4.78, 5) is 28.4. The number of nitrogens with zero attached hydrogens (tertiary/aromatic N) is 1. The van der Waals surface area contributed by atoms with Crippen molar-refractivity contribution < 1.29 is 14.3 Å². The first kappa shape index (κ1) is 17.4. The Morgan fingerprint density at radius 3 is 2.83 bits per heavy atom. The number of piperidine rings is 1. The number of carbonyl (C=O) groups is 2. The Kier molecular flexibility index (Phi) is 7.00. The lowest BCUT2D eigenvalue weighted by Gasteiger charge is -2.23. The average molecular weight is 319 g/mol. The first-order chi connectivity index (χ1) is 11.2. The predicted molar refractivity (Wildman–Crippen MR) is 86.6 cm³/mol. The van der Waals surface area contributed by atoms with Gasteiger partial charge in [0.15, 0.2) is 0 Å². The van der Waals surface area contributed by atoms with Crippen molar-refractivity contribution in [2.24, 2.45) is 5.92 Å². The van der Waals surface area contributed by atoms with Gasteiger partial charge in [0.25, 0.3) is 0 Å². The number of carbonyl (C=O) groups excluding carboxylic acids is 2. The molecule has 6 heteroatoms. The maximum absolute atomic E-state index is 12.3. The van der Waals surface area contributed by atoms with Gasteiger partial charge in [-0.05, 0) is 50.9 Å². The molecule has 2 N–H and O–H groups in total. The van der Waals surface area contributed by atoms with Crippen molar-refractivity contribution in [3.8, 4) is 0 Å². The first-order valence-electron chi connectivity index (χ1n) is 8.25. The second kappa shape index (κ2) is 9.25. The number of rotatable bonds is 7. The van der Waals surface area contributed by atoms with E-state index in [1.54, 1.807) is 13.1 Å². The zero-order valence-corrected chi connectivity index (χ0v) is 13.6. The summed E-state index contributed by atoms with van der Waals surface area (Å²) >= 11 is 0. The molecule has 1 atom stereocenters. The van der Waals surface area contributed by atoms with Crippen LogP contribution in [0, 0.1) is 5.92 Å². The highest BCUT2D eigenvalue weighted by Crippen LogP contribution is 2.19. The third-order valence-electron chi connectivity index (χ3n) is 3.99. The van der Waals surface area contributed by atoms with E-state index in [1.807, 2.05) is 18.2 Å². The Labute approximate surface area is 137 Å². The molecule has 1 fully saturated rings. The van der Waals surface area contributed by atoms with Crippen LogP contribution in [0.4, 0.5) is 0 Å². The van der Waals surface area contributed by atoms with E-state index in [1.165, 1.54) is 0 Å². The van der Waals surface area contributed by atoms with Crippen molar-refractivity contribution in [2.75, 3.05) is 19.7 Å². The molecule has 0 radical (unpaired) electrons. The van der Waals surface area contributed by atoms with Gasteiger partial charge >= 0.3 is 5.97 Å². The van der Waals surface area contributed by atoms with Crippen LogP contribution in [0.3, 0.4) is 0 Å². The van der Waals surface area contributed by atoms with E-state index in [4.69, 9.17) is 4.74 Å². The van der Waals surface area contributed by atoms with Gasteiger partial charge in [-0.3, -0.25) is 14.6 Å². The Hall–Kier alpha value is -1.95. The van der Waals surface area contributed by atoms with Gasteiger partial charge in [0.2, 0.25) is 5.91 Å². The maximum Gasteiger partial charge on any atom is 0.308 e. The standard InChI is InChI=1S/C17H25N3O3/c1-2-23-17(22)12-15(14-5-3-4-8-19-14)20-16(21)11-13-6-9-18-10-7-13/h3-5,8,13,15,18H,2,6-7,9-12H2,1H3,(H,20,21). The molecule has 1 aliphatic rings. The molecule has 1 aromatic rings. The monoisotopic (exact) mass is 319 g/mol. The van der Waals surface area contributed by atoms with E-state index in [2.05, 4.69) is 15.6 Å². The highest BCUT2D eigenvalue weighted by molar-refractivity contribution is 5.78. The summed E-state index contributed by atoms with van der Waals surface area (Å²) in [7, 11) is 0. The number of esters is 1. The van der Waals surface area contributed by atoms with Gasteiger partial charge < -0.3 is 15.4 Å². The summed E-state index contributed by atoms with van der Waals surface area (Å²) < 4.78 is 5.00. The number of hydrogen-bond donors (Lipinski definition) is 2. The normalized spacial score (nSPS) is 16.6. The number of ether oxygens (including phenoxy) is 1. The van der Waals surface area contributed by atoms with E-state index in [0.29, 0.717) is 24.6 Å². The molecule has 0 aromatic carbocycles. The highest BCUT2D eigenvalue weighted by atomic mass is 16.5. The predicted octanol–water partition coefficient (Wildman–Crippen LogP) is 1.58. The van der Waals surface area contributed by atoms with Crippen LogP contribution in [-0.4, -0.2) is 36.6 Å². The number of hydrogen-bond acceptors (Lipinski definition) is 5. The molecule has 1 aliphatic heterocycles. The van der Waals surface area contributed by atoms with Crippen LogP contribution in [0.15, 0.2) is 24.4 Å². The quantitative estimate of drug-likeness (QED) is 0.746. The van der Waals surface area contributed by atoms with Gasteiger partial charge in [-0.15, -0.1) is 0 Å². The Morgan fingerprint density at radius 1 is 1.39 bits per heavy atom. The van der Waals surface area contributed by atoms with E-state index in [-0.39, 0.29) is 18.3 Å². The second-order valence-corrected chi connectivity index (χ2v) is 5.78.